The number of carbonyl (C=O) groups is 5. The third-order valence-electron chi connectivity index (χ3n) is 8.67. The highest BCUT2D eigenvalue weighted by atomic mass is 35.5. The number of anilines is 1. The first-order valence-corrected chi connectivity index (χ1v) is 21.4. The number of halogens is 1. The molecule has 16 heteroatoms. The molecule has 352 valence electrons. The van der Waals surface area contributed by atoms with Crippen LogP contribution < -0.4 is 20.3 Å². The molecular formula is C50H59ClN4O11. The minimum Gasteiger partial charge on any atom is -0.456 e. The predicted molar refractivity (Wildman–Crippen MR) is 250 cm³/mol. The van der Waals surface area contributed by atoms with E-state index in [1.54, 1.807) is 104 Å². The molecule has 0 fully saturated rings. The zero-order valence-corrected chi connectivity index (χ0v) is 40.3. The van der Waals surface area contributed by atoms with Crippen molar-refractivity contribution >= 4 is 65.1 Å². The Bertz CT molecular complexity index is 2380. The van der Waals surface area contributed by atoms with Gasteiger partial charge in [-0.3, -0.25) is 15.4 Å². The molecule has 0 spiro atoms. The molecule has 0 radical (unpaired) electrons. The normalized spacial score (nSPS) is 11.3. The van der Waals surface area contributed by atoms with E-state index in [2.05, 4.69) is 48.5 Å². The minimum atomic E-state index is -0.850. The summed E-state index contributed by atoms with van der Waals surface area (Å²) in [7, 11) is 0. The number of hydrogen-bond donors (Lipinski definition) is 2. The van der Waals surface area contributed by atoms with Crippen LogP contribution in [0.4, 0.5) is 21.0 Å². The molecule has 0 aliphatic carbocycles. The zero-order chi connectivity index (χ0) is 49.6. The third kappa shape index (κ3) is 18.7. The van der Waals surface area contributed by atoms with Crippen molar-refractivity contribution in [1.82, 2.24) is 10.6 Å². The van der Waals surface area contributed by atoms with E-state index in [1.165, 1.54) is 30.3 Å². The number of nitrogens with zero attached hydrogens (tertiary/aromatic N) is 2. The highest BCUT2D eigenvalue weighted by Gasteiger charge is 2.24. The summed E-state index contributed by atoms with van der Waals surface area (Å²) in [5.41, 5.74) is 1.88. The fourth-order valence-corrected chi connectivity index (χ4v) is 6.05. The van der Waals surface area contributed by atoms with Gasteiger partial charge in [0.2, 0.25) is 11.9 Å². The number of hydrogen-bond acceptors (Lipinski definition) is 12. The van der Waals surface area contributed by atoms with Crippen LogP contribution in [-0.4, -0.2) is 58.9 Å². The second-order valence-electron chi connectivity index (χ2n) is 19.0. The van der Waals surface area contributed by atoms with Crippen molar-refractivity contribution in [2.75, 3.05) is 4.90 Å². The minimum absolute atomic E-state index is 0.0890. The van der Waals surface area contributed by atoms with Crippen molar-refractivity contribution in [2.24, 2.45) is 4.99 Å². The zero-order valence-electron chi connectivity index (χ0n) is 39.5. The molecule has 15 nitrogen and oxygen atoms in total. The molecule has 0 heterocycles. The average molecular weight is 927 g/mol. The molecule has 0 aliphatic heterocycles. The average Bonchev–Trinajstić information content (AvgIpc) is 3.18. The molecule has 0 unspecified atom stereocenters. The molecule has 0 aliphatic rings. The standard InChI is InChI=1S/C49H59ClN4O9.CO2/c1-46(2,3)35-15-13-14-31(28-35)30-54(37-24-18-34(19-25-37)42(57)61-47(4,5)6)40(55)27-21-32-20-26-38(29-39(32)50)60-41(56)33-16-22-36(23-17-33)51-43(52-44(58)62-48(7,8)9)53-45(59)63-49(10,11)12;2-1-3/h13-20,22-26,28-29H,21,27,30H2,1-12H3,(H2,51,52,53,58,59);. The molecule has 0 atom stereocenters. The monoisotopic (exact) mass is 926 g/mol. The molecular weight excluding hydrogens is 868 g/mol. The lowest BCUT2D eigenvalue weighted by Gasteiger charge is -2.25. The van der Waals surface area contributed by atoms with Gasteiger partial charge in [0.1, 0.15) is 22.6 Å². The van der Waals surface area contributed by atoms with Gasteiger partial charge in [-0.25, -0.2) is 24.2 Å². The first kappa shape index (κ1) is 53.5. The lowest BCUT2D eigenvalue weighted by atomic mass is 9.86. The third-order valence-corrected chi connectivity index (χ3v) is 9.03. The molecule has 3 amide bonds. The molecule has 0 saturated carbocycles. The molecule has 4 rings (SSSR count). The number of guanidine groups is 1. The van der Waals surface area contributed by atoms with Crippen LogP contribution in [0.25, 0.3) is 0 Å². The van der Waals surface area contributed by atoms with Crippen LogP contribution in [0.15, 0.2) is 96.0 Å². The number of aliphatic imine (C=N–C) groups is 1. The Kier molecular flexibility index (Phi) is 18.5. The van der Waals surface area contributed by atoms with E-state index in [-0.39, 0.29) is 46.9 Å². The van der Waals surface area contributed by atoms with Crippen molar-refractivity contribution in [3.63, 3.8) is 0 Å². The lowest BCUT2D eigenvalue weighted by Crippen LogP contribution is -2.47. The summed E-state index contributed by atoms with van der Waals surface area (Å²) < 4.78 is 21.7. The number of aryl methyl sites for hydroxylation is 1. The van der Waals surface area contributed by atoms with Crippen LogP contribution in [0, 0.1) is 0 Å². The smallest absolute Gasteiger partial charge is 0.414 e. The summed E-state index contributed by atoms with van der Waals surface area (Å²) in [6.07, 6.45) is -1.03. The van der Waals surface area contributed by atoms with Gasteiger partial charge in [0.05, 0.1) is 23.4 Å². The summed E-state index contributed by atoms with van der Waals surface area (Å²) in [5, 5.41) is 5.13. The fourth-order valence-electron chi connectivity index (χ4n) is 5.78. The number of carbonyl (C=O) groups excluding carboxylic acids is 7. The maximum atomic E-state index is 14.0. The Morgan fingerprint density at radius 2 is 1.17 bits per heavy atom. The van der Waals surface area contributed by atoms with Gasteiger partial charge in [0.15, 0.2) is 0 Å². The molecule has 4 aromatic rings. The Morgan fingerprint density at radius 3 is 1.67 bits per heavy atom. The van der Waals surface area contributed by atoms with Gasteiger partial charge in [-0.1, -0.05) is 62.7 Å². The maximum Gasteiger partial charge on any atom is 0.414 e. The largest absolute Gasteiger partial charge is 0.456 e. The highest BCUT2D eigenvalue weighted by Crippen LogP contribution is 2.28. The summed E-state index contributed by atoms with van der Waals surface area (Å²) in [4.78, 5) is 87.1. The van der Waals surface area contributed by atoms with E-state index in [1.807, 2.05) is 12.1 Å². The fraction of sp³-hybridized carbons (Fsp3) is 0.380. The van der Waals surface area contributed by atoms with Crippen molar-refractivity contribution in [1.29, 1.82) is 0 Å². The predicted octanol–water partition coefficient (Wildman–Crippen LogP) is 10.4. The first-order chi connectivity index (χ1) is 30.6. The van der Waals surface area contributed by atoms with Crippen LogP contribution in [0.5, 0.6) is 5.75 Å². The summed E-state index contributed by atoms with van der Waals surface area (Å²) in [6.45, 7) is 22.3. The van der Waals surface area contributed by atoms with Crippen LogP contribution in [0.3, 0.4) is 0 Å². The quantitative estimate of drug-likeness (QED) is 0.0505. The van der Waals surface area contributed by atoms with E-state index >= 15 is 0 Å². The molecule has 0 aromatic heterocycles. The number of rotatable bonds is 10. The number of alkyl carbamates (subject to hydrolysis) is 2. The summed E-state index contributed by atoms with van der Waals surface area (Å²) in [5.74, 6) is -1.34. The number of ether oxygens (including phenoxy) is 4. The second-order valence-corrected chi connectivity index (χ2v) is 19.4. The van der Waals surface area contributed by atoms with Gasteiger partial charge >= 0.3 is 30.3 Å². The number of amides is 3. The van der Waals surface area contributed by atoms with Gasteiger partial charge in [0.25, 0.3) is 0 Å². The van der Waals surface area contributed by atoms with Crippen molar-refractivity contribution < 1.29 is 52.5 Å². The van der Waals surface area contributed by atoms with Crippen LogP contribution in [-0.2, 0) is 47.0 Å². The van der Waals surface area contributed by atoms with E-state index in [4.69, 9.17) is 40.1 Å². The van der Waals surface area contributed by atoms with Gasteiger partial charge in [-0.2, -0.15) is 9.59 Å². The van der Waals surface area contributed by atoms with Gasteiger partial charge in [-0.05, 0) is 152 Å². The Balaban J connectivity index is 0.00000375. The van der Waals surface area contributed by atoms with E-state index in [0.717, 1.165) is 11.1 Å². The topological polar surface area (TPSA) is 196 Å². The van der Waals surface area contributed by atoms with Gasteiger partial charge < -0.3 is 23.8 Å². The Morgan fingerprint density at radius 1 is 0.652 bits per heavy atom. The Hall–Kier alpha value is -6.83. The summed E-state index contributed by atoms with van der Waals surface area (Å²) in [6, 6.07) is 25.7. The molecule has 2 N–H and O–H groups in total. The van der Waals surface area contributed by atoms with Crippen molar-refractivity contribution in [2.45, 2.75) is 125 Å². The molecule has 4 aromatic carbocycles. The van der Waals surface area contributed by atoms with E-state index in [0.29, 0.717) is 34.8 Å². The number of nitrogens with one attached hydrogen (secondary N) is 2. The van der Waals surface area contributed by atoms with E-state index in [9.17, 15) is 24.0 Å². The van der Waals surface area contributed by atoms with Crippen LogP contribution in [0.1, 0.15) is 127 Å². The molecule has 0 bridgehead atoms. The first-order valence-electron chi connectivity index (χ1n) is 21.0. The second kappa shape index (κ2) is 22.9. The summed E-state index contributed by atoms with van der Waals surface area (Å²) >= 11 is 6.68. The van der Waals surface area contributed by atoms with Crippen molar-refractivity contribution in [3.8, 4) is 5.75 Å². The number of esters is 2. The van der Waals surface area contributed by atoms with Crippen LogP contribution in [0.2, 0.25) is 5.02 Å². The van der Waals surface area contributed by atoms with Crippen LogP contribution >= 0.6 is 11.6 Å². The molecule has 0 saturated heterocycles. The number of benzene rings is 4. The molecule has 66 heavy (non-hydrogen) atoms. The van der Waals surface area contributed by atoms with E-state index < -0.39 is 40.9 Å². The van der Waals surface area contributed by atoms with Crippen molar-refractivity contribution in [3.05, 3.63) is 124 Å². The van der Waals surface area contributed by atoms with Gasteiger partial charge in [0, 0.05) is 17.1 Å². The lowest BCUT2D eigenvalue weighted by molar-refractivity contribution is -0.191. The Labute approximate surface area is 391 Å². The SMILES string of the molecule is CC(C)(C)OC(=O)NC(=Nc1ccc(C(=O)Oc2ccc(CCC(=O)N(Cc3cccc(C(C)(C)C)c3)c3ccc(C(=O)OC(C)(C)C)cc3)c(Cl)c2)cc1)NC(=O)OC(C)(C)C.O=C=O. The van der Waals surface area contributed by atoms with Gasteiger partial charge in [-0.15, -0.1) is 0 Å². The highest BCUT2D eigenvalue weighted by molar-refractivity contribution is 6.31. The maximum absolute atomic E-state index is 14.0.